The highest BCUT2D eigenvalue weighted by molar-refractivity contribution is 6.73. The van der Waals surface area contributed by atoms with E-state index in [0.717, 1.165) is 49.9 Å². The zero-order chi connectivity index (χ0) is 14.8. The molecule has 20 heavy (non-hydrogen) atoms. The summed E-state index contributed by atoms with van der Waals surface area (Å²) in [6, 6.07) is 4.42. The summed E-state index contributed by atoms with van der Waals surface area (Å²) in [5.41, 5.74) is 0. The van der Waals surface area contributed by atoms with Gasteiger partial charge in [0.25, 0.3) is 0 Å². The highest BCUT2D eigenvalue weighted by Gasteiger charge is 2.33. The molecule has 0 aromatic carbocycles. The van der Waals surface area contributed by atoms with E-state index >= 15 is 0 Å². The summed E-state index contributed by atoms with van der Waals surface area (Å²) in [5.74, 6) is 0. The molecule has 0 atom stereocenters. The SMILES string of the molecule is CCC[SiH]1O[SiH](CCC)O[SiH](CCC)O[SiH](CCC)O1. The highest BCUT2D eigenvalue weighted by atomic mass is 28.5. The quantitative estimate of drug-likeness (QED) is 0.629. The van der Waals surface area contributed by atoms with Crippen molar-refractivity contribution in [2.24, 2.45) is 0 Å². The van der Waals surface area contributed by atoms with Gasteiger partial charge in [-0.1, -0.05) is 53.4 Å². The molecular formula is C12H32O4Si4. The first-order valence-corrected chi connectivity index (χ1v) is 15.4. The minimum Gasteiger partial charge on any atom is -0.420 e. The predicted octanol–water partition coefficient (Wildman–Crippen LogP) is 2.59. The van der Waals surface area contributed by atoms with Gasteiger partial charge in [0.15, 0.2) is 0 Å². The van der Waals surface area contributed by atoms with E-state index in [2.05, 4.69) is 27.7 Å². The molecule has 0 aliphatic carbocycles. The van der Waals surface area contributed by atoms with Crippen molar-refractivity contribution in [2.75, 3.05) is 0 Å². The van der Waals surface area contributed by atoms with Crippen LogP contribution in [-0.4, -0.2) is 37.1 Å². The molecule has 1 aliphatic heterocycles. The number of hydrogen-bond acceptors (Lipinski definition) is 4. The second-order valence-electron chi connectivity index (χ2n) is 5.42. The largest absolute Gasteiger partial charge is 0.420 e. The molecule has 4 nitrogen and oxygen atoms in total. The Kier molecular flexibility index (Phi) is 10.6. The fraction of sp³-hybridized carbons (Fsp3) is 1.00. The Labute approximate surface area is 131 Å². The Bertz CT molecular complexity index is 191. The first-order chi connectivity index (χ1) is 9.73. The van der Waals surface area contributed by atoms with Crippen molar-refractivity contribution in [3.8, 4) is 0 Å². The van der Waals surface area contributed by atoms with Crippen LogP contribution in [0.2, 0.25) is 24.2 Å². The monoisotopic (exact) mass is 352 g/mol. The lowest BCUT2D eigenvalue weighted by molar-refractivity contribution is 0.278. The van der Waals surface area contributed by atoms with Crippen molar-refractivity contribution in [1.82, 2.24) is 0 Å². The van der Waals surface area contributed by atoms with Gasteiger partial charge in [-0.2, -0.15) is 0 Å². The van der Waals surface area contributed by atoms with Crippen LogP contribution in [0.15, 0.2) is 0 Å². The van der Waals surface area contributed by atoms with E-state index in [9.17, 15) is 0 Å². The second-order valence-corrected chi connectivity index (χ2v) is 15.5. The first-order valence-electron chi connectivity index (χ1n) is 8.35. The van der Waals surface area contributed by atoms with Crippen LogP contribution in [0.3, 0.4) is 0 Å². The van der Waals surface area contributed by atoms with Gasteiger partial charge in [0.2, 0.25) is 0 Å². The zero-order valence-corrected chi connectivity index (χ0v) is 18.2. The molecule has 8 heteroatoms. The Morgan fingerprint density at radius 2 is 0.650 bits per heavy atom. The summed E-state index contributed by atoms with van der Waals surface area (Å²) in [4.78, 5) is 0. The van der Waals surface area contributed by atoms with Gasteiger partial charge in [-0.3, -0.25) is 0 Å². The zero-order valence-electron chi connectivity index (χ0n) is 13.6. The molecule has 0 saturated carbocycles. The molecule has 0 aromatic heterocycles. The van der Waals surface area contributed by atoms with Gasteiger partial charge < -0.3 is 16.5 Å². The van der Waals surface area contributed by atoms with Crippen molar-refractivity contribution in [3.05, 3.63) is 0 Å². The minimum atomic E-state index is -1.53. The Balaban J connectivity index is 2.67. The van der Waals surface area contributed by atoms with Crippen LogP contribution in [-0.2, 0) is 16.5 Å². The molecule has 0 unspecified atom stereocenters. The van der Waals surface area contributed by atoms with Crippen LogP contribution in [0.1, 0.15) is 53.4 Å². The van der Waals surface area contributed by atoms with Gasteiger partial charge in [-0.05, 0) is 24.2 Å². The van der Waals surface area contributed by atoms with E-state index in [4.69, 9.17) is 16.5 Å². The summed E-state index contributed by atoms with van der Waals surface area (Å²) >= 11 is 0. The summed E-state index contributed by atoms with van der Waals surface area (Å²) in [5, 5.41) is 0. The van der Waals surface area contributed by atoms with Gasteiger partial charge in [0.1, 0.15) is 0 Å². The topological polar surface area (TPSA) is 36.9 Å². The average molecular weight is 353 g/mol. The maximum Gasteiger partial charge on any atom is 0.303 e. The minimum absolute atomic E-state index is 1.10. The average Bonchev–Trinajstić information content (AvgIpc) is 2.37. The third kappa shape index (κ3) is 7.12. The normalized spacial score (nSPS) is 31.8. The highest BCUT2D eigenvalue weighted by Crippen LogP contribution is 2.19. The summed E-state index contributed by atoms with van der Waals surface area (Å²) < 4.78 is 25.4. The van der Waals surface area contributed by atoms with Crippen molar-refractivity contribution in [2.45, 2.75) is 77.6 Å². The Morgan fingerprint density at radius 3 is 0.800 bits per heavy atom. The molecular weight excluding hydrogens is 320 g/mol. The van der Waals surface area contributed by atoms with Crippen LogP contribution in [0, 0.1) is 0 Å². The summed E-state index contributed by atoms with van der Waals surface area (Å²) in [6.45, 7) is 8.84. The summed E-state index contributed by atoms with van der Waals surface area (Å²) in [6.07, 6.45) is 4.58. The van der Waals surface area contributed by atoms with E-state index < -0.39 is 37.1 Å². The van der Waals surface area contributed by atoms with Crippen molar-refractivity contribution in [1.29, 1.82) is 0 Å². The number of rotatable bonds is 8. The molecule has 0 aromatic rings. The predicted molar refractivity (Wildman–Crippen MR) is 93.3 cm³/mol. The maximum atomic E-state index is 6.35. The van der Waals surface area contributed by atoms with Crippen molar-refractivity contribution < 1.29 is 16.5 Å². The summed E-state index contributed by atoms with van der Waals surface area (Å²) in [7, 11) is -6.12. The maximum absolute atomic E-state index is 6.35. The van der Waals surface area contributed by atoms with Gasteiger partial charge in [0, 0.05) is 0 Å². The first kappa shape index (κ1) is 18.8. The van der Waals surface area contributed by atoms with Gasteiger partial charge in [-0.15, -0.1) is 0 Å². The Morgan fingerprint density at radius 1 is 0.450 bits per heavy atom. The molecule has 1 fully saturated rings. The molecule has 0 amide bonds. The van der Waals surface area contributed by atoms with Crippen molar-refractivity contribution >= 4 is 37.1 Å². The molecule has 1 heterocycles. The lowest BCUT2D eigenvalue weighted by Gasteiger charge is -2.34. The van der Waals surface area contributed by atoms with E-state index in [0.29, 0.717) is 0 Å². The van der Waals surface area contributed by atoms with E-state index in [1.165, 1.54) is 0 Å². The van der Waals surface area contributed by atoms with Crippen LogP contribution in [0.5, 0.6) is 0 Å². The molecule has 0 spiro atoms. The molecule has 0 bridgehead atoms. The molecule has 120 valence electrons. The van der Waals surface area contributed by atoms with Gasteiger partial charge in [-0.25, -0.2) is 0 Å². The van der Waals surface area contributed by atoms with Crippen LogP contribution in [0.4, 0.5) is 0 Å². The van der Waals surface area contributed by atoms with Gasteiger partial charge >= 0.3 is 37.1 Å². The molecule has 1 saturated heterocycles. The van der Waals surface area contributed by atoms with E-state index in [1.54, 1.807) is 0 Å². The standard InChI is InChI=1S/C12H32O4Si4/c1-5-9-17-13-18(10-6-2)15-20(12-8-4)16-19(14-17)11-7-3/h17-20H,5-12H2,1-4H3. The fourth-order valence-corrected chi connectivity index (χ4v) is 17.3. The van der Waals surface area contributed by atoms with Crippen LogP contribution in [0.25, 0.3) is 0 Å². The second kappa shape index (κ2) is 11.3. The third-order valence-corrected chi connectivity index (χ3v) is 17.2. The molecule has 0 N–H and O–H groups in total. The fourth-order valence-electron chi connectivity index (χ4n) is 2.29. The lowest BCUT2D eigenvalue weighted by Crippen LogP contribution is -2.48. The van der Waals surface area contributed by atoms with Gasteiger partial charge in [0.05, 0.1) is 0 Å². The smallest absolute Gasteiger partial charge is 0.303 e. The van der Waals surface area contributed by atoms with E-state index in [-0.39, 0.29) is 0 Å². The molecule has 1 aliphatic rings. The lowest BCUT2D eigenvalue weighted by atomic mass is 10.6. The molecule has 1 rings (SSSR count). The van der Waals surface area contributed by atoms with Crippen LogP contribution < -0.4 is 0 Å². The molecule has 0 radical (unpaired) electrons. The number of hydrogen-bond donors (Lipinski definition) is 0. The van der Waals surface area contributed by atoms with E-state index in [1.807, 2.05) is 0 Å². The van der Waals surface area contributed by atoms with Crippen molar-refractivity contribution in [3.63, 3.8) is 0 Å². The van der Waals surface area contributed by atoms with Crippen LogP contribution >= 0.6 is 0 Å². The Hall–Kier alpha value is 0.708. The third-order valence-electron chi connectivity index (χ3n) is 3.31.